The maximum absolute atomic E-state index is 15.2. The summed E-state index contributed by atoms with van der Waals surface area (Å²) in [6.07, 6.45) is 3.43. The molecule has 2 aliphatic carbocycles. The lowest BCUT2D eigenvalue weighted by atomic mass is 10.0. The number of aromatic nitrogens is 3. The number of fused-ring (bicyclic) bond motifs is 1. The third-order valence-electron chi connectivity index (χ3n) is 5.76. The number of nitrogens with zero attached hydrogens (tertiary/aromatic N) is 3. The van der Waals surface area contributed by atoms with Crippen LogP contribution in [-0.2, 0) is 9.53 Å². The molecular formula is C17H25FN4O2. The number of alkyl halides is 1. The summed E-state index contributed by atoms with van der Waals surface area (Å²) in [4.78, 5) is 18.9. The molecule has 3 fully saturated rings. The largest absolute Gasteiger partial charge is 0.367 e. The minimum atomic E-state index is -1.62. The lowest BCUT2D eigenvalue weighted by Gasteiger charge is -2.33. The molecule has 3 atom stereocenters. The van der Waals surface area contributed by atoms with Crippen LogP contribution in [-0.4, -0.2) is 51.4 Å². The summed E-state index contributed by atoms with van der Waals surface area (Å²) in [5.41, 5.74) is -1.62. The van der Waals surface area contributed by atoms with E-state index in [1.165, 1.54) is 0 Å². The fourth-order valence-electron chi connectivity index (χ4n) is 4.30. The fourth-order valence-corrected chi connectivity index (χ4v) is 4.30. The number of aromatic amines is 1. The Hall–Kier alpha value is -1.50. The third kappa shape index (κ3) is 2.44. The zero-order chi connectivity index (χ0) is 16.9. The van der Waals surface area contributed by atoms with Gasteiger partial charge in [0.25, 0.3) is 5.91 Å². The van der Waals surface area contributed by atoms with Crippen molar-refractivity contribution in [3.63, 3.8) is 0 Å². The van der Waals surface area contributed by atoms with Gasteiger partial charge in [-0.05, 0) is 12.8 Å². The van der Waals surface area contributed by atoms with E-state index in [1.54, 1.807) is 4.90 Å². The summed E-state index contributed by atoms with van der Waals surface area (Å²) < 4.78 is 21.0. The fraction of sp³-hybridized carbons (Fsp3) is 0.824. The summed E-state index contributed by atoms with van der Waals surface area (Å²) in [6, 6.07) is 0. The molecule has 1 N–H and O–H groups in total. The molecular weight excluding hydrogens is 311 g/mol. The Kier molecular flexibility index (Phi) is 3.86. The summed E-state index contributed by atoms with van der Waals surface area (Å²) in [5, 5.41) is 7.09. The van der Waals surface area contributed by atoms with Crippen LogP contribution in [0, 0.1) is 11.8 Å². The van der Waals surface area contributed by atoms with E-state index >= 15 is 4.39 Å². The first-order valence-corrected chi connectivity index (χ1v) is 9.04. The number of ether oxygens (including phenoxy) is 1. The van der Waals surface area contributed by atoms with E-state index in [0.717, 1.165) is 31.5 Å². The van der Waals surface area contributed by atoms with E-state index in [1.807, 2.05) is 13.8 Å². The summed E-state index contributed by atoms with van der Waals surface area (Å²) in [5.74, 6) is 1.12. The number of morpholine rings is 1. The smallest absolute Gasteiger partial charge is 0.261 e. The highest BCUT2D eigenvalue weighted by molar-refractivity contribution is 5.89. The molecule has 3 aliphatic rings. The number of carbonyl (C=O) groups is 1. The zero-order valence-electron chi connectivity index (χ0n) is 14.3. The topological polar surface area (TPSA) is 71.1 Å². The Morgan fingerprint density at radius 2 is 2.08 bits per heavy atom. The molecule has 1 aromatic rings. The van der Waals surface area contributed by atoms with Crippen molar-refractivity contribution in [3.05, 3.63) is 11.6 Å². The first-order chi connectivity index (χ1) is 11.5. The van der Waals surface area contributed by atoms with Crippen LogP contribution in [0.3, 0.4) is 0 Å². The predicted molar refractivity (Wildman–Crippen MR) is 85.0 cm³/mol. The molecule has 4 rings (SSSR count). The molecule has 0 spiro atoms. The van der Waals surface area contributed by atoms with Gasteiger partial charge in [-0.15, -0.1) is 0 Å². The first kappa shape index (κ1) is 16.0. The number of hydrogen-bond donors (Lipinski definition) is 1. The van der Waals surface area contributed by atoms with Crippen molar-refractivity contribution < 1.29 is 13.9 Å². The van der Waals surface area contributed by atoms with Gasteiger partial charge in [0.05, 0.1) is 13.2 Å². The monoisotopic (exact) mass is 336 g/mol. The Morgan fingerprint density at radius 3 is 2.71 bits per heavy atom. The lowest BCUT2D eigenvalue weighted by molar-refractivity contribution is -0.147. The van der Waals surface area contributed by atoms with E-state index in [9.17, 15) is 4.79 Å². The molecule has 24 heavy (non-hydrogen) atoms. The number of hydrogen-bond acceptors (Lipinski definition) is 4. The van der Waals surface area contributed by atoms with Crippen LogP contribution >= 0.6 is 0 Å². The maximum Gasteiger partial charge on any atom is 0.261 e. The van der Waals surface area contributed by atoms with Crippen molar-refractivity contribution >= 4 is 5.91 Å². The second kappa shape index (κ2) is 5.79. The van der Waals surface area contributed by atoms with Crippen molar-refractivity contribution in [3.8, 4) is 0 Å². The average molecular weight is 336 g/mol. The SMILES string of the molecule is CC(C)c1n[nH]c(C2CN(C(=O)C3(F)C4CCCCC43)CCO2)n1. The molecule has 0 aromatic carbocycles. The van der Waals surface area contributed by atoms with Gasteiger partial charge >= 0.3 is 0 Å². The number of carbonyl (C=O) groups excluding carboxylic acids is 1. The first-order valence-electron chi connectivity index (χ1n) is 9.04. The molecule has 3 unspecified atom stereocenters. The molecule has 1 aliphatic heterocycles. The molecule has 6 nitrogen and oxygen atoms in total. The van der Waals surface area contributed by atoms with Crippen LogP contribution in [0.1, 0.15) is 63.2 Å². The van der Waals surface area contributed by atoms with Crippen LogP contribution in [0.15, 0.2) is 0 Å². The van der Waals surface area contributed by atoms with Crippen LogP contribution in [0.25, 0.3) is 0 Å². The van der Waals surface area contributed by atoms with Crippen molar-refractivity contribution in [1.29, 1.82) is 0 Å². The van der Waals surface area contributed by atoms with Crippen LogP contribution in [0.4, 0.5) is 4.39 Å². The summed E-state index contributed by atoms with van der Waals surface area (Å²) in [7, 11) is 0. The standard InChI is InChI=1S/C17H25FN4O2/c1-10(2)14-19-15(21-20-14)13-9-22(7-8-24-13)16(23)17(18)11-5-3-4-6-12(11)17/h10-13H,3-9H2,1-2H3,(H,19,20,21). The van der Waals surface area contributed by atoms with E-state index < -0.39 is 5.67 Å². The van der Waals surface area contributed by atoms with Crippen LogP contribution in [0.5, 0.6) is 0 Å². The molecule has 1 saturated heterocycles. The molecule has 0 bridgehead atoms. The highest BCUT2D eigenvalue weighted by Gasteiger charge is 2.71. The van der Waals surface area contributed by atoms with Gasteiger partial charge < -0.3 is 9.64 Å². The molecule has 1 aromatic heterocycles. The third-order valence-corrected chi connectivity index (χ3v) is 5.76. The van der Waals surface area contributed by atoms with Gasteiger partial charge in [0, 0.05) is 24.3 Å². The second-order valence-electron chi connectivity index (χ2n) is 7.61. The van der Waals surface area contributed by atoms with Gasteiger partial charge in [-0.2, -0.15) is 5.10 Å². The second-order valence-corrected chi connectivity index (χ2v) is 7.61. The number of amides is 1. The molecule has 7 heteroatoms. The quantitative estimate of drug-likeness (QED) is 0.920. The van der Waals surface area contributed by atoms with E-state index in [2.05, 4.69) is 15.2 Å². The number of halogens is 1. The maximum atomic E-state index is 15.2. The normalized spacial score (nSPS) is 35.8. The molecule has 2 heterocycles. The van der Waals surface area contributed by atoms with Crippen LogP contribution in [0.2, 0.25) is 0 Å². The van der Waals surface area contributed by atoms with E-state index in [4.69, 9.17) is 4.74 Å². The Morgan fingerprint density at radius 1 is 1.38 bits per heavy atom. The molecule has 1 amide bonds. The van der Waals surface area contributed by atoms with Crippen molar-refractivity contribution in [1.82, 2.24) is 20.1 Å². The van der Waals surface area contributed by atoms with Gasteiger partial charge in [-0.3, -0.25) is 9.89 Å². The highest BCUT2D eigenvalue weighted by Crippen LogP contribution is 2.62. The van der Waals surface area contributed by atoms with Gasteiger partial charge in [0.15, 0.2) is 17.3 Å². The van der Waals surface area contributed by atoms with Gasteiger partial charge in [-0.25, -0.2) is 9.37 Å². The average Bonchev–Trinajstić information content (AvgIpc) is 2.99. The Balaban J connectivity index is 1.46. The minimum Gasteiger partial charge on any atom is -0.367 e. The predicted octanol–water partition coefficient (Wildman–Crippen LogP) is 2.36. The minimum absolute atomic E-state index is 0.0575. The van der Waals surface area contributed by atoms with Crippen molar-refractivity contribution in [2.24, 2.45) is 11.8 Å². The number of rotatable bonds is 3. The van der Waals surface area contributed by atoms with Gasteiger partial charge in [-0.1, -0.05) is 26.7 Å². The lowest BCUT2D eigenvalue weighted by Crippen LogP contribution is -2.47. The Bertz CT molecular complexity index is 620. The van der Waals surface area contributed by atoms with Crippen molar-refractivity contribution in [2.45, 2.75) is 57.2 Å². The van der Waals surface area contributed by atoms with Crippen molar-refractivity contribution in [2.75, 3.05) is 19.7 Å². The van der Waals surface area contributed by atoms with E-state index in [-0.39, 0.29) is 29.8 Å². The van der Waals surface area contributed by atoms with Crippen LogP contribution < -0.4 is 0 Å². The van der Waals surface area contributed by atoms with Gasteiger partial charge in [0.1, 0.15) is 6.10 Å². The number of H-pyrrole nitrogens is 1. The molecule has 132 valence electrons. The van der Waals surface area contributed by atoms with Gasteiger partial charge in [0.2, 0.25) is 0 Å². The molecule has 2 saturated carbocycles. The number of nitrogens with one attached hydrogen (secondary N) is 1. The molecule has 0 radical (unpaired) electrons. The highest BCUT2D eigenvalue weighted by atomic mass is 19.1. The zero-order valence-corrected chi connectivity index (χ0v) is 14.3. The summed E-state index contributed by atoms with van der Waals surface area (Å²) >= 11 is 0. The Labute approximate surface area is 141 Å². The summed E-state index contributed by atoms with van der Waals surface area (Å²) in [6.45, 7) is 5.24. The van der Waals surface area contributed by atoms with E-state index in [0.29, 0.717) is 25.5 Å².